The number of rotatable bonds is 1. The highest BCUT2D eigenvalue weighted by molar-refractivity contribution is 8.02. The van der Waals surface area contributed by atoms with E-state index >= 15 is 0 Å². The third-order valence-corrected chi connectivity index (χ3v) is 3.41. The summed E-state index contributed by atoms with van der Waals surface area (Å²) in [4.78, 5) is 2.32. The molecule has 0 radical (unpaired) electrons. The summed E-state index contributed by atoms with van der Waals surface area (Å²) < 4.78 is 0. The number of fused-ring (bicyclic) bond motifs is 1. The molecule has 2 aliphatic rings. The molecule has 1 aliphatic carbocycles. The number of hydrogen-bond donors (Lipinski definition) is 0. The lowest BCUT2D eigenvalue weighted by Crippen LogP contribution is -2.11. The largest absolute Gasteiger partial charge is 0.341 e. The first-order chi connectivity index (χ1) is 6.93. The molecular formula is C12H11NS. The summed E-state index contributed by atoms with van der Waals surface area (Å²) in [6, 6.07) is 8.62. The molecular weight excluding hydrogens is 190 g/mol. The van der Waals surface area contributed by atoms with Crippen LogP contribution < -0.4 is 0 Å². The quantitative estimate of drug-likeness (QED) is 0.687. The molecule has 0 bridgehead atoms. The minimum Gasteiger partial charge on any atom is -0.341 e. The van der Waals surface area contributed by atoms with Crippen LogP contribution in [0.2, 0.25) is 0 Å². The van der Waals surface area contributed by atoms with Gasteiger partial charge in [0.2, 0.25) is 0 Å². The van der Waals surface area contributed by atoms with Crippen LogP contribution in [-0.4, -0.2) is 10.8 Å². The molecule has 1 aliphatic heterocycles. The van der Waals surface area contributed by atoms with E-state index in [1.165, 1.54) is 16.8 Å². The monoisotopic (exact) mass is 201 g/mol. The van der Waals surface area contributed by atoms with E-state index in [0.29, 0.717) is 0 Å². The Balaban J connectivity index is 1.91. The molecule has 0 unspecified atom stereocenters. The maximum absolute atomic E-state index is 2.32. The summed E-state index contributed by atoms with van der Waals surface area (Å²) >= 11 is 1.85. The van der Waals surface area contributed by atoms with E-state index in [1.54, 1.807) is 0 Å². The molecule has 0 spiro atoms. The highest BCUT2D eigenvalue weighted by Crippen LogP contribution is 2.30. The SMILES string of the molecule is C1=CN(C2=Cc3ccccc3C2)CS1. The fourth-order valence-corrected chi connectivity index (χ4v) is 2.64. The molecule has 14 heavy (non-hydrogen) atoms. The molecule has 2 heteroatoms. The van der Waals surface area contributed by atoms with Gasteiger partial charge in [0.25, 0.3) is 0 Å². The normalized spacial score (nSPS) is 18.6. The van der Waals surface area contributed by atoms with Gasteiger partial charge >= 0.3 is 0 Å². The number of allylic oxidation sites excluding steroid dienone is 1. The van der Waals surface area contributed by atoms with E-state index in [9.17, 15) is 0 Å². The molecule has 1 heterocycles. The lowest BCUT2D eigenvalue weighted by atomic mass is 10.1. The van der Waals surface area contributed by atoms with Crippen molar-refractivity contribution < 1.29 is 0 Å². The first kappa shape index (κ1) is 8.18. The Bertz CT molecular complexity index is 420. The van der Waals surface area contributed by atoms with E-state index in [4.69, 9.17) is 0 Å². The third kappa shape index (κ3) is 1.26. The zero-order valence-corrected chi connectivity index (χ0v) is 8.63. The van der Waals surface area contributed by atoms with E-state index in [2.05, 4.69) is 46.8 Å². The molecule has 1 nitrogen and oxygen atoms in total. The van der Waals surface area contributed by atoms with Gasteiger partial charge in [-0.05, 0) is 22.6 Å². The molecule has 1 aromatic carbocycles. The van der Waals surface area contributed by atoms with Gasteiger partial charge < -0.3 is 4.90 Å². The predicted molar refractivity (Wildman–Crippen MR) is 61.6 cm³/mol. The fraction of sp³-hybridized carbons (Fsp3) is 0.167. The Morgan fingerprint density at radius 2 is 2.14 bits per heavy atom. The van der Waals surface area contributed by atoms with Crippen LogP contribution in [0.25, 0.3) is 6.08 Å². The van der Waals surface area contributed by atoms with Gasteiger partial charge in [-0.25, -0.2) is 0 Å². The van der Waals surface area contributed by atoms with Crippen LogP contribution in [0.15, 0.2) is 41.6 Å². The van der Waals surface area contributed by atoms with Crippen LogP contribution in [0, 0.1) is 0 Å². The van der Waals surface area contributed by atoms with Crippen LogP contribution in [0.3, 0.4) is 0 Å². The van der Waals surface area contributed by atoms with Crippen LogP contribution >= 0.6 is 11.8 Å². The second kappa shape index (κ2) is 3.21. The highest BCUT2D eigenvalue weighted by atomic mass is 32.2. The van der Waals surface area contributed by atoms with Gasteiger partial charge in [0.15, 0.2) is 0 Å². The highest BCUT2D eigenvalue weighted by Gasteiger charge is 2.17. The Kier molecular flexibility index (Phi) is 1.88. The summed E-state index contributed by atoms with van der Waals surface area (Å²) in [5.41, 5.74) is 4.26. The summed E-state index contributed by atoms with van der Waals surface area (Å²) in [5, 5.41) is 2.16. The van der Waals surface area contributed by atoms with E-state index in [-0.39, 0.29) is 0 Å². The molecule has 0 fully saturated rings. The van der Waals surface area contributed by atoms with Crippen LogP contribution in [0.5, 0.6) is 0 Å². The zero-order chi connectivity index (χ0) is 9.38. The van der Waals surface area contributed by atoms with Gasteiger partial charge in [-0.15, -0.1) is 11.8 Å². The maximum atomic E-state index is 2.32. The van der Waals surface area contributed by atoms with Crippen molar-refractivity contribution in [1.82, 2.24) is 4.90 Å². The zero-order valence-electron chi connectivity index (χ0n) is 7.81. The van der Waals surface area contributed by atoms with E-state index < -0.39 is 0 Å². The predicted octanol–water partition coefficient (Wildman–Crippen LogP) is 3.06. The molecule has 0 atom stereocenters. The van der Waals surface area contributed by atoms with Gasteiger partial charge in [0.05, 0.1) is 5.88 Å². The van der Waals surface area contributed by atoms with E-state index in [0.717, 1.165) is 12.3 Å². The minimum absolute atomic E-state index is 1.07. The van der Waals surface area contributed by atoms with Crippen molar-refractivity contribution in [3.05, 3.63) is 52.7 Å². The molecule has 0 aromatic heterocycles. The summed E-state index contributed by atoms with van der Waals surface area (Å²) in [6.07, 6.45) is 5.55. The third-order valence-electron chi connectivity index (χ3n) is 2.67. The maximum Gasteiger partial charge on any atom is 0.0720 e. The van der Waals surface area contributed by atoms with Crippen molar-refractivity contribution >= 4 is 17.8 Å². The first-order valence-electron chi connectivity index (χ1n) is 4.77. The number of thioether (sulfide) groups is 1. The van der Waals surface area contributed by atoms with Gasteiger partial charge in [0.1, 0.15) is 0 Å². The Hall–Kier alpha value is -1.15. The first-order valence-corrected chi connectivity index (χ1v) is 5.82. The van der Waals surface area contributed by atoms with Crippen molar-refractivity contribution in [3.63, 3.8) is 0 Å². The van der Waals surface area contributed by atoms with Gasteiger partial charge in [-0.3, -0.25) is 0 Å². The van der Waals surface area contributed by atoms with Crippen molar-refractivity contribution in [3.8, 4) is 0 Å². The topological polar surface area (TPSA) is 3.24 Å². The molecule has 3 rings (SSSR count). The fourth-order valence-electron chi connectivity index (χ4n) is 1.91. The van der Waals surface area contributed by atoms with Crippen LogP contribution in [0.4, 0.5) is 0 Å². The average molecular weight is 201 g/mol. The molecule has 0 saturated carbocycles. The lowest BCUT2D eigenvalue weighted by Gasteiger charge is -2.15. The number of benzene rings is 1. The van der Waals surface area contributed by atoms with E-state index in [1.807, 2.05) is 11.8 Å². The summed E-state index contributed by atoms with van der Waals surface area (Å²) in [6.45, 7) is 0. The smallest absolute Gasteiger partial charge is 0.0720 e. The Morgan fingerprint density at radius 1 is 1.21 bits per heavy atom. The number of hydrogen-bond acceptors (Lipinski definition) is 2. The van der Waals surface area contributed by atoms with Crippen LogP contribution in [0.1, 0.15) is 11.1 Å². The van der Waals surface area contributed by atoms with Crippen molar-refractivity contribution in [2.24, 2.45) is 0 Å². The standard InChI is InChI=1S/C12H11NS/c1-2-4-11-8-12(7-10(11)3-1)13-5-6-14-9-13/h1-7H,8-9H2. The van der Waals surface area contributed by atoms with Gasteiger partial charge in [-0.2, -0.15) is 0 Å². The average Bonchev–Trinajstić information content (AvgIpc) is 2.86. The van der Waals surface area contributed by atoms with Crippen molar-refractivity contribution in [1.29, 1.82) is 0 Å². The van der Waals surface area contributed by atoms with Crippen LogP contribution in [-0.2, 0) is 6.42 Å². The van der Waals surface area contributed by atoms with Crippen molar-refractivity contribution in [2.45, 2.75) is 6.42 Å². The van der Waals surface area contributed by atoms with Gasteiger partial charge in [-0.1, -0.05) is 24.3 Å². The molecule has 70 valence electrons. The second-order valence-corrected chi connectivity index (χ2v) is 4.43. The van der Waals surface area contributed by atoms with Gasteiger partial charge in [0, 0.05) is 18.3 Å². The molecule has 0 amide bonds. The molecule has 1 aromatic rings. The molecule has 0 saturated heterocycles. The lowest BCUT2D eigenvalue weighted by molar-refractivity contribution is 0.550. The second-order valence-electron chi connectivity index (χ2n) is 3.56. The summed E-state index contributed by atoms with van der Waals surface area (Å²) in [5.74, 6) is 1.07. The number of nitrogens with zero attached hydrogens (tertiary/aromatic N) is 1. The molecule has 0 N–H and O–H groups in total. The Morgan fingerprint density at radius 3 is 2.93 bits per heavy atom. The Labute approximate surface area is 88.1 Å². The minimum atomic E-state index is 1.07. The summed E-state index contributed by atoms with van der Waals surface area (Å²) in [7, 11) is 0. The van der Waals surface area contributed by atoms with Crippen molar-refractivity contribution in [2.75, 3.05) is 5.88 Å².